The first-order chi connectivity index (χ1) is 11.1. The Morgan fingerprint density at radius 2 is 2.09 bits per heavy atom. The second-order valence-corrected chi connectivity index (χ2v) is 8.19. The molecule has 0 spiro atoms. The Labute approximate surface area is 142 Å². The summed E-state index contributed by atoms with van der Waals surface area (Å²) in [7, 11) is 0. The number of nitrogens with one attached hydrogen (secondary N) is 1. The molecule has 0 radical (unpaired) electrons. The van der Waals surface area contributed by atoms with Crippen molar-refractivity contribution in [1.29, 1.82) is 0 Å². The van der Waals surface area contributed by atoms with Crippen molar-refractivity contribution in [3.8, 4) is 10.6 Å². The van der Waals surface area contributed by atoms with E-state index >= 15 is 0 Å². The maximum absolute atomic E-state index is 9.19. The Morgan fingerprint density at radius 1 is 1.30 bits per heavy atom. The van der Waals surface area contributed by atoms with E-state index in [4.69, 9.17) is 4.98 Å². The number of aryl methyl sites for hydroxylation is 1. The van der Waals surface area contributed by atoms with Gasteiger partial charge in [-0.25, -0.2) is 4.98 Å². The third-order valence-electron chi connectivity index (χ3n) is 4.59. The first-order valence-electron chi connectivity index (χ1n) is 8.48. The molecule has 1 aliphatic carbocycles. The van der Waals surface area contributed by atoms with Gasteiger partial charge < -0.3 is 10.4 Å². The molecule has 1 aromatic heterocycles. The zero-order valence-corrected chi connectivity index (χ0v) is 14.8. The molecule has 0 saturated heterocycles. The highest BCUT2D eigenvalue weighted by Gasteiger charge is 2.26. The predicted molar refractivity (Wildman–Crippen MR) is 96.7 cm³/mol. The molecule has 0 fully saturated rings. The molecule has 2 aromatic rings. The molecule has 1 aromatic carbocycles. The molecule has 124 valence electrons. The molecule has 3 nitrogen and oxygen atoms in total. The molecule has 4 heteroatoms. The number of benzene rings is 1. The van der Waals surface area contributed by atoms with Crippen LogP contribution in [0, 0.1) is 5.41 Å². The smallest absolute Gasteiger partial charge is 0.123 e. The van der Waals surface area contributed by atoms with Crippen LogP contribution in [0.2, 0.25) is 0 Å². The first-order valence-corrected chi connectivity index (χ1v) is 9.30. The second-order valence-electron chi connectivity index (χ2n) is 7.16. The number of thiazole rings is 1. The third-order valence-corrected chi connectivity index (χ3v) is 5.85. The lowest BCUT2D eigenvalue weighted by molar-refractivity contribution is 0.201. The van der Waals surface area contributed by atoms with Crippen molar-refractivity contribution in [2.45, 2.75) is 45.6 Å². The van der Waals surface area contributed by atoms with Crippen molar-refractivity contribution in [2.75, 3.05) is 13.2 Å². The zero-order chi connectivity index (χ0) is 16.3. The quantitative estimate of drug-likeness (QED) is 0.835. The Balaban J connectivity index is 1.76. The van der Waals surface area contributed by atoms with Crippen LogP contribution in [-0.4, -0.2) is 23.2 Å². The lowest BCUT2D eigenvalue weighted by Gasteiger charge is -2.29. The van der Waals surface area contributed by atoms with E-state index in [1.165, 1.54) is 29.0 Å². The van der Waals surface area contributed by atoms with Gasteiger partial charge in [-0.2, -0.15) is 0 Å². The van der Waals surface area contributed by atoms with Gasteiger partial charge in [-0.05, 0) is 31.1 Å². The third kappa shape index (κ3) is 4.00. The van der Waals surface area contributed by atoms with E-state index in [2.05, 4.69) is 43.4 Å². The molecule has 0 bridgehead atoms. The van der Waals surface area contributed by atoms with E-state index in [1.807, 2.05) is 17.4 Å². The Hall–Kier alpha value is -1.23. The highest BCUT2D eigenvalue weighted by Crippen LogP contribution is 2.38. The fraction of sp³-hybridized carbons (Fsp3) is 0.526. The number of rotatable bonds is 6. The fourth-order valence-corrected chi connectivity index (χ4v) is 4.34. The lowest BCUT2D eigenvalue weighted by atomic mass is 9.88. The number of aliphatic hydroxyl groups is 1. The molecular weight excluding hydrogens is 304 g/mol. The average molecular weight is 330 g/mol. The van der Waals surface area contributed by atoms with Crippen LogP contribution in [0.5, 0.6) is 0 Å². The first kappa shape index (κ1) is 16.6. The summed E-state index contributed by atoms with van der Waals surface area (Å²) >= 11 is 1.84. The standard InChI is InChI=1S/C19H26N2OS/c1-19(2,11-12-22)13-20-15-9-6-10-16-17(15)23-18(21-16)14-7-4-3-5-8-14/h3-5,7-8,15,20,22H,6,9-13H2,1-2H3. The van der Waals surface area contributed by atoms with E-state index in [1.54, 1.807) is 0 Å². The van der Waals surface area contributed by atoms with E-state index in [9.17, 15) is 5.11 Å². The van der Waals surface area contributed by atoms with Gasteiger partial charge in [0.15, 0.2) is 0 Å². The van der Waals surface area contributed by atoms with Gasteiger partial charge in [0.2, 0.25) is 0 Å². The molecule has 0 amide bonds. The van der Waals surface area contributed by atoms with E-state index in [0.29, 0.717) is 6.04 Å². The van der Waals surface area contributed by atoms with Gasteiger partial charge in [0, 0.05) is 29.6 Å². The lowest BCUT2D eigenvalue weighted by Crippen LogP contribution is -2.34. The van der Waals surface area contributed by atoms with Crippen molar-refractivity contribution in [1.82, 2.24) is 10.3 Å². The van der Waals surface area contributed by atoms with E-state index in [0.717, 1.165) is 24.4 Å². The van der Waals surface area contributed by atoms with Crippen LogP contribution in [0.25, 0.3) is 10.6 Å². The Kier molecular flexibility index (Phi) is 5.14. The van der Waals surface area contributed by atoms with Crippen LogP contribution in [0.1, 0.15) is 49.7 Å². The minimum atomic E-state index is 0.124. The van der Waals surface area contributed by atoms with Crippen molar-refractivity contribution in [3.05, 3.63) is 40.9 Å². The summed E-state index contributed by atoms with van der Waals surface area (Å²) in [4.78, 5) is 6.30. The summed E-state index contributed by atoms with van der Waals surface area (Å²) in [5.41, 5.74) is 2.61. The van der Waals surface area contributed by atoms with Crippen LogP contribution in [0.3, 0.4) is 0 Å². The molecule has 1 atom stereocenters. The molecular formula is C19H26N2OS. The van der Waals surface area contributed by atoms with E-state index < -0.39 is 0 Å². The molecule has 1 heterocycles. The molecule has 2 N–H and O–H groups in total. The summed E-state index contributed by atoms with van der Waals surface area (Å²) in [6, 6.07) is 10.9. The maximum Gasteiger partial charge on any atom is 0.123 e. The van der Waals surface area contributed by atoms with Gasteiger partial charge in [0.25, 0.3) is 0 Å². The monoisotopic (exact) mass is 330 g/mol. The average Bonchev–Trinajstić information content (AvgIpc) is 2.98. The number of aliphatic hydroxyl groups excluding tert-OH is 1. The molecule has 1 unspecified atom stereocenters. The zero-order valence-electron chi connectivity index (χ0n) is 14.0. The minimum absolute atomic E-state index is 0.124. The van der Waals surface area contributed by atoms with Crippen LogP contribution >= 0.6 is 11.3 Å². The number of hydrogen-bond donors (Lipinski definition) is 2. The highest BCUT2D eigenvalue weighted by molar-refractivity contribution is 7.15. The normalized spacial score (nSPS) is 18.0. The highest BCUT2D eigenvalue weighted by atomic mass is 32.1. The molecule has 1 aliphatic rings. The van der Waals surface area contributed by atoms with Crippen LogP contribution in [0.15, 0.2) is 30.3 Å². The fourth-order valence-electron chi connectivity index (χ4n) is 3.11. The van der Waals surface area contributed by atoms with Crippen molar-refractivity contribution in [3.63, 3.8) is 0 Å². The van der Waals surface area contributed by atoms with Crippen LogP contribution in [-0.2, 0) is 6.42 Å². The van der Waals surface area contributed by atoms with Gasteiger partial charge in [-0.1, -0.05) is 44.2 Å². The summed E-state index contributed by atoms with van der Waals surface area (Å²) in [6.07, 6.45) is 4.30. The second kappa shape index (κ2) is 7.12. The molecule has 0 saturated carbocycles. The van der Waals surface area contributed by atoms with Gasteiger partial charge in [0.1, 0.15) is 5.01 Å². The Bertz CT molecular complexity index is 636. The summed E-state index contributed by atoms with van der Waals surface area (Å²) < 4.78 is 0. The topological polar surface area (TPSA) is 45.1 Å². The van der Waals surface area contributed by atoms with Gasteiger partial charge in [-0.3, -0.25) is 0 Å². The minimum Gasteiger partial charge on any atom is -0.396 e. The van der Waals surface area contributed by atoms with Crippen molar-refractivity contribution in [2.24, 2.45) is 5.41 Å². The molecule has 3 rings (SSSR count). The summed E-state index contributed by atoms with van der Waals surface area (Å²) in [6.45, 7) is 5.60. The predicted octanol–water partition coefficient (Wildman–Crippen LogP) is 4.19. The molecule has 0 aliphatic heterocycles. The number of nitrogens with zero attached hydrogens (tertiary/aromatic N) is 1. The van der Waals surface area contributed by atoms with Gasteiger partial charge >= 0.3 is 0 Å². The number of hydrogen-bond acceptors (Lipinski definition) is 4. The maximum atomic E-state index is 9.19. The largest absolute Gasteiger partial charge is 0.396 e. The number of aromatic nitrogens is 1. The van der Waals surface area contributed by atoms with Gasteiger partial charge in [0.05, 0.1) is 5.69 Å². The van der Waals surface area contributed by atoms with Gasteiger partial charge in [-0.15, -0.1) is 11.3 Å². The Morgan fingerprint density at radius 3 is 2.83 bits per heavy atom. The molecule has 23 heavy (non-hydrogen) atoms. The SMILES string of the molecule is CC(C)(CCO)CNC1CCCc2nc(-c3ccccc3)sc21. The summed E-state index contributed by atoms with van der Waals surface area (Å²) in [5, 5.41) is 14.1. The van der Waals surface area contributed by atoms with Crippen LogP contribution < -0.4 is 5.32 Å². The summed E-state index contributed by atoms with van der Waals surface area (Å²) in [5.74, 6) is 0. The van der Waals surface area contributed by atoms with E-state index in [-0.39, 0.29) is 12.0 Å². The van der Waals surface area contributed by atoms with Crippen molar-refractivity contribution < 1.29 is 5.11 Å². The number of fused-ring (bicyclic) bond motifs is 1. The van der Waals surface area contributed by atoms with Crippen LogP contribution in [0.4, 0.5) is 0 Å². The van der Waals surface area contributed by atoms with Crippen molar-refractivity contribution >= 4 is 11.3 Å².